The second kappa shape index (κ2) is 8.40. The number of benzene rings is 1. The Hall–Kier alpha value is -1.71. The molecule has 0 aliphatic heterocycles. The lowest BCUT2D eigenvalue weighted by Crippen LogP contribution is -2.08. The van der Waals surface area contributed by atoms with Crippen LogP contribution in [0.3, 0.4) is 0 Å². The Morgan fingerprint density at radius 3 is 2.63 bits per heavy atom. The third-order valence-electron chi connectivity index (χ3n) is 2.92. The molecule has 19 heavy (non-hydrogen) atoms. The minimum atomic E-state index is -0.375. The lowest BCUT2D eigenvalue weighted by molar-refractivity contribution is 0.0494. The van der Waals surface area contributed by atoms with Gasteiger partial charge in [-0.2, -0.15) is 0 Å². The fourth-order valence-corrected chi connectivity index (χ4v) is 1.83. The maximum absolute atomic E-state index is 11.9. The molecule has 0 radical (unpaired) electrons. The zero-order chi connectivity index (χ0) is 14.1. The van der Waals surface area contributed by atoms with E-state index in [2.05, 4.69) is 6.92 Å². The van der Waals surface area contributed by atoms with Crippen molar-refractivity contribution in [2.24, 2.45) is 0 Å². The molecule has 0 amide bonds. The van der Waals surface area contributed by atoms with Gasteiger partial charge in [-0.3, -0.25) is 0 Å². The molecule has 0 fully saturated rings. The topological polar surface area (TPSA) is 61.5 Å². The van der Waals surface area contributed by atoms with Gasteiger partial charge >= 0.3 is 5.97 Å². The molecule has 2 N–H and O–H groups in total. The van der Waals surface area contributed by atoms with Crippen LogP contribution in [0.1, 0.15) is 49.4 Å². The number of ether oxygens (including phenoxy) is 2. The average molecular weight is 265 g/mol. The molecule has 0 heterocycles. The predicted molar refractivity (Wildman–Crippen MR) is 76.4 cm³/mol. The van der Waals surface area contributed by atoms with Crippen LogP contribution in [0.5, 0.6) is 5.75 Å². The molecular weight excluding hydrogens is 242 g/mol. The van der Waals surface area contributed by atoms with Gasteiger partial charge in [-0.25, -0.2) is 4.79 Å². The average Bonchev–Trinajstić information content (AvgIpc) is 2.42. The highest BCUT2D eigenvalue weighted by molar-refractivity contribution is 5.93. The van der Waals surface area contributed by atoms with Gasteiger partial charge in [0.2, 0.25) is 0 Å². The summed E-state index contributed by atoms with van der Waals surface area (Å²) in [5.74, 6) is 0.116. The number of methoxy groups -OCH3 is 1. The molecule has 1 rings (SSSR count). The quantitative estimate of drug-likeness (QED) is 0.444. The summed E-state index contributed by atoms with van der Waals surface area (Å²) < 4.78 is 10.4. The summed E-state index contributed by atoms with van der Waals surface area (Å²) in [4.78, 5) is 11.9. The van der Waals surface area contributed by atoms with Crippen LogP contribution >= 0.6 is 0 Å². The standard InChI is InChI=1S/C15H23NO3/c1-3-4-5-6-7-10-19-15(17)13-11-12(16)8-9-14(13)18-2/h8-9,11H,3-7,10,16H2,1-2H3. The van der Waals surface area contributed by atoms with Crippen LogP contribution in [-0.4, -0.2) is 19.7 Å². The normalized spacial score (nSPS) is 10.2. The van der Waals surface area contributed by atoms with E-state index in [-0.39, 0.29) is 5.97 Å². The van der Waals surface area contributed by atoms with Gasteiger partial charge in [0, 0.05) is 5.69 Å². The Morgan fingerprint density at radius 2 is 1.95 bits per heavy atom. The molecular formula is C15H23NO3. The minimum Gasteiger partial charge on any atom is -0.496 e. The molecule has 0 aliphatic carbocycles. The van der Waals surface area contributed by atoms with Crippen molar-refractivity contribution in [3.05, 3.63) is 23.8 Å². The lowest BCUT2D eigenvalue weighted by atomic mass is 10.1. The van der Waals surface area contributed by atoms with E-state index in [0.29, 0.717) is 23.6 Å². The summed E-state index contributed by atoms with van der Waals surface area (Å²) in [6.07, 6.45) is 5.62. The Bertz CT molecular complexity index is 404. The fourth-order valence-electron chi connectivity index (χ4n) is 1.83. The summed E-state index contributed by atoms with van der Waals surface area (Å²) in [7, 11) is 1.52. The highest BCUT2D eigenvalue weighted by Crippen LogP contribution is 2.22. The van der Waals surface area contributed by atoms with Gasteiger partial charge in [0.1, 0.15) is 11.3 Å². The molecule has 0 atom stereocenters. The van der Waals surface area contributed by atoms with Gasteiger partial charge in [-0.1, -0.05) is 32.6 Å². The third-order valence-corrected chi connectivity index (χ3v) is 2.92. The van der Waals surface area contributed by atoms with E-state index in [1.165, 1.54) is 26.4 Å². The van der Waals surface area contributed by atoms with Crippen LogP contribution < -0.4 is 10.5 Å². The summed E-state index contributed by atoms with van der Waals surface area (Å²) in [6.45, 7) is 2.62. The minimum absolute atomic E-state index is 0.375. The number of nitrogen functional groups attached to an aromatic ring is 1. The number of hydrogen-bond acceptors (Lipinski definition) is 4. The van der Waals surface area contributed by atoms with Crippen LogP contribution in [0, 0.1) is 0 Å². The molecule has 1 aromatic carbocycles. The fraction of sp³-hybridized carbons (Fsp3) is 0.533. The molecule has 0 aromatic heterocycles. The number of nitrogens with two attached hydrogens (primary N) is 1. The van der Waals surface area contributed by atoms with Crippen LogP contribution in [0.2, 0.25) is 0 Å². The molecule has 0 saturated heterocycles. The maximum atomic E-state index is 11.9. The first-order valence-electron chi connectivity index (χ1n) is 6.79. The van der Waals surface area contributed by atoms with Crippen LogP contribution in [0.4, 0.5) is 5.69 Å². The van der Waals surface area contributed by atoms with Crippen LogP contribution in [0.15, 0.2) is 18.2 Å². The smallest absolute Gasteiger partial charge is 0.341 e. The van der Waals surface area contributed by atoms with Gasteiger partial charge in [-0.15, -0.1) is 0 Å². The summed E-state index contributed by atoms with van der Waals surface area (Å²) in [5, 5.41) is 0. The number of unbranched alkanes of at least 4 members (excludes halogenated alkanes) is 4. The van der Waals surface area contributed by atoms with Crippen LogP contribution in [-0.2, 0) is 4.74 Å². The molecule has 0 spiro atoms. The Kier molecular flexibility index (Phi) is 6.79. The maximum Gasteiger partial charge on any atom is 0.341 e. The molecule has 4 nitrogen and oxygen atoms in total. The summed E-state index contributed by atoms with van der Waals surface area (Å²) in [6, 6.07) is 4.95. The van der Waals surface area contributed by atoms with E-state index in [0.717, 1.165) is 12.8 Å². The lowest BCUT2D eigenvalue weighted by Gasteiger charge is -2.09. The molecule has 106 valence electrons. The number of carbonyl (C=O) groups is 1. The predicted octanol–water partition coefficient (Wildman–Crippen LogP) is 3.40. The van der Waals surface area contributed by atoms with E-state index in [1.54, 1.807) is 18.2 Å². The van der Waals surface area contributed by atoms with Gasteiger partial charge < -0.3 is 15.2 Å². The van der Waals surface area contributed by atoms with E-state index < -0.39 is 0 Å². The van der Waals surface area contributed by atoms with E-state index in [1.807, 2.05) is 0 Å². The highest BCUT2D eigenvalue weighted by atomic mass is 16.5. The molecule has 0 unspecified atom stereocenters. The Labute approximate surface area is 114 Å². The summed E-state index contributed by atoms with van der Waals surface area (Å²) in [5.41, 5.74) is 6.58. The molecule has 0 aliphatic rings. The molecule has 0 bridgehead atoms. The Balaban J connectivity index is 2.43. The monoisotopic (exact) mass is 265 g/mol. The second-order valence-electron chi connectivity index (χ2n) is 4.51. The zero-order valence-electron chi connectivity index (χ0n) is 11.8. The first kappa shape index (κ1) is 15.3. The van der Waals surface area contributed by atoms with Gasteiger partial charge in [0.05, 0.1) is 13.7 Å². The Morgan fingerprint density at radius 1 is 1.21 bits per heavy atom. The van der Waals surface area contributed by atoms with Crippen molar-refractivity contribution in [1.29, 1.82) is 0 Å². The van der Waals surface area contributed by atoms with Crippen LogP contribution in [0.25, 0.3) is 0 Å². The molecule has 0 saturated carbocycles. The van der Waals surface area contributed by atoms with Crippen molar-refractivity contribution < 1.29 is 14.3 Å². The van der Waals surface area contributed by atoms with E-state index in [4.69, 9.17) is 15.2 Å². The summed E-state index contributed by atoms with van der Waals surface area (Å²) >= 11 is 0. The third kappa shape index (κ3) is 5.20. The first-order chi connectivity index (χ1) is 9.19. The number of rotatable bonds is 8. The van der Waals surface area contributed by atoms with Gasteiger partial charge in [-0.05, 0) is 24.6 Å². The molecule has 4 heteroatoms. The van der Waals surface area contributed by atoms with Crippen molar-refractivity contribution in [3.8, 4) is 5.75 Å². The van der Waals surface area contributed by atoms with Crippen molar-refractivity contribution in [2.75, 3.05) is 19.5 Å². The number of carbonyl (C=O) groups excluding carboxylic acids is 1. The van der Waals surface area contributed by atoms with Gasteiger partial charge in [0.25, 0.3) is 0 Å². The van der Waals surface area contributed by atoms with Crippen molar-refractivity contribution >= 4 is 11.7 Å². The largest absolute Gasteiger partial charge is 0.496 e. The van der Waals surface area contributed by atoms with Gasteiger partial charge in [0.15, 0.2) is 0 Å². The number of anilines is 1. The van der Waals surface area contributed by atoms with E-state index in [9.17, 15) is 4.79 Å². The zero-order valence-corrected chi connectivity index (χ0v) is 11.8. The first-order valence-corrected chi connectivity index (χ1v) is 6.79. The van der Waals surface area contributed by atoms with Crippen molar-refractivity contribution in [1.82, 2.24) is 0 Å². The SMILES string of the molecule is CCCCCCCOC(=O)c1cc(N)ccc1OC. The second-order valence-corrected chi connectivity index (χ2v) is 4.51. The van der Waals surface area contributed by atoms with Crippen molar-refractivity contribution in [2.45, 2.75) is 39.0 Å². The number of hydrogen-bond donors (Lipinski definition) is 1. The molecule has 1 aromatic rings. The van der Waals surface area contributed by atoms with E-state index >= 15 is 0 Å². The highest BCUT2D eigenvalue weighted by Gasteiger charge is 2.13. The van der Waals surface area contributed by atoms with Crippen molar-refractivity contribution in [3.63, 3.8) is 0 Å². The number of esters is 1.